The minimum atomic E-state index is -0.507. The highest BCUT2D eigenvalue weighted by atomic mass is 16.5. The minimum Gasteiger partial charge on any atom is -0.484 e. The number of amides is 1. The van der Waals surface area contributed by atoms with Crippen LogP contribution in [0.25, 0.3) is 5.69 Å². The van der Waals surface area contributed by atoms with Gasteiger partial charge in [0.1, 0.15) is 6.61 Å². The average Bonchev–Trinajstić information content (AvgIpc) is 2.85. The second-order valence-electron chi connectivity index (χ2n) is 4.15. The van der Waals surface area contributed by atoms with Crippen LogP contribution in [0.1, 0.15) is 16.1 Å². The molecule has 1 amide bonds. The first kappa shape index (κ1) is 11.3. The molecule has 2 aromatic rings. The Balaban J connectivity index is 2.14. The molecule has 1 aromatic heterocycles. The van der Waals surface area contributed by atoms with Crippen molar-refractivity contribution in [1.29, 1.82) is 0 Å². The van der Waals surface area contributed by atoms with Crippen LogP contribution >= 0.6 is 0 Å². The Morgan fingerprint density at radius 3 is 2.89 bits per heavy atom. The summed E-state index contributed by atoms with van der Waals surface area (Å²) in [5.74, 6) is -0.270. The number of para-hydroxylation sites is 1. The van der Waals surface area contributed by atoms with Crippen LogP contribution in [-0.2, 0) is 6.61 Å². The molecule has 0 bridgehead atoms. The minimum absolute atomic E-state index is 0.264. The fourth-order valence-electron chi connectivity index (χ4n) is 2.13. The highest BCUT2D eigenvalue weighted by Gasteiger charge is 2.22. The standard InChI is InChI=1S/C13H12N4O2/c14-13(15)16-12(18)9-4-1-5-10-11(9)19-7-8-3-2-6-17(8)10/h1-6H,7H2,(H4,14,15,16,18). The van der Waals surface area contributed by atoms with Gasteiger partial charge in [-0.05, 0) is 24.3 Å². The first-order chi connectivity index (χ1) is 9.16. The predicted molar refractivity (Wildman–Crippen MR) is 70.2 cm³/mol. The number of guanidine groups is 1. The van der Waals surface area contributed by atoms with Gasteiger partial charge in [0.15, 0.2) is 11.7 Å². The lowest BCUT2D eigenvalue weighted by Gasteiger charge is -2.22. The Morgan fingerprint density at radius 1 is 1.26 bits per heavy atom. The molecule has 0 radical (unpaired) electrons. The fraction of sp³-hybridized carbons (Fsp3) is 0.0769. The van der Waals surface area contributed by atoms with E-state index in [-0.39, 0.29) is 5.96 Å². The van der Waals surface area contributed by atoms with E-state index in [1.807, 2.05) is 29.0 Å². The number of benzene rings is 1. The van der Waals surface area contributed by atoms with Crippen molar-refractivity contribution in [3.63, 3.8) is 0 Å². The largest absolute Gasteiger partial charge is 0.484 e. The van der Waals surface area contributed by atoms with Gasteiger partial charge in [-0.3, -0.25) is 4.79 Å². The molecule has 96 valence electrons. The number of hydrogen-bond acceptors (Lipinski definition) is 2. The van der Waals surface area contributed by atoms with Gasteiger partial charge in [0, 0.05) is 6.20 Å². The van der Waals surface area contributed by atoms with E-state index in [4.69, 9.17) is 16.2 Å². The Bertz CT molecular complexity index is 684. The molecule has 0 aliphatic carbocycles. The van der Waals surface area contributed by atoms with E-state index in [0.29, 0.717) is 17.9 Å². The molecule has 0 fully saturated rings. The quantitative estimate of drug-likeness (QED) is 0.582. The zero-order valence-corrected chi connectivity index (χ0v) is 10.0. The molecule has 1 aliphatic heterocycles. The zero-order chi connectivity index (χ0) is 13.4. The Labute approximate surface area is 109 Å². The monoisotopic (exact) mass is 256 g/mol. The van der Waals surface area contributed by atoms with Crippen molar-refractivity contribution in [2.45, 2.75) is 6.61 Å². The number of aromatic nitrogens is 1. The van der Waals surface area contributed by atoms with Crippen LogP contribution in [0.3, 0.4) is 0 Å². The molecule has 3 rings (SSSR count). The molecular formula is C13H12N4O2. The van der Waals surface area contributed by atoms with Crippen LogP contribution in [0.5, 0.6) is 5.75 Å². The van der Waals surface area contributed by atoms with Gasteiger partial charge in [-0.25, -0.2) is 0 Å². The maximum Gasteiger partial charge on any atom is 0.284 e. The summed E-state index contributed by atoms with van der Waals surface area (Å²) in [6.07, 6.45) is 1.92. The van der Waals surface area contributed by atoms with Crippen LogP contribution in [-0.4, -0.2) is 16.4 Å². The van der Waals surface area contributed by atoms with Crippen molar-refractivity contribution in [2.75, 3.05) is 0 Å². The highest BCUT2D eigenvalue weighted by Crippen LogP contribution is 2.33. The second-order valence-corrected chi connectivity index (χ2v) is 4.15. The van der Waals surface area contributed by atoms with Gasteiger partial charge in [0.2, 0.25) is 0 Å². The normalized spacial score (nSPS) is 12.0. The molecular weight excluding hydrogens is 244 g/mol. The number of nitrogens with zero attached hydrogens (tertiary/aromatic N) is 2. The first-order valence-electron chi connectivity index (χ1n) is 5.73. The summed E-state index contributed by atoms with van der Waals surface area (Å²) in [6.45, 7) is 0.409. The molecule has 0 atom stereocenters. The number of hydrogen-bond donors (Lipinski definition) is 2. The summed E-state index contributed by atoms with van der Waals surface area (Å²) in [7, 11) is 0. The van der Waals surface area contributed by atoms with Crippen molar-refractivity contribution in [1.82, 2.24) is 4.57 Å². The van der Waals surface area contributed by atoms with Gasteiger partial charge in [-0.2, -0.15) is 4.99 Å². The highest BCUT2D eigenvalue weighted by molar-refractivity contribution is 6.04. The number of rotatable bonds is 1. The molecule has 0 saturated heterocycles. The van der Waals surface area contributed by atoms with Crippen molar-refractivity contribution in [2.24, 2.45) is 16.5 Å². The third kappa shape index (κ3) is 1.83. The lowest BCUT2D eigenvalue weighted by atomic mass is 10.1. The van der Waals surface area contributed by atoms with E-state index in [1.165, 1.54) is 0 Å². The summed E-state index contributed by atoms with van der Waals surface area (Å²) in [6, 6.07) is 9.19. The maximum atomic E-state index is 11.9. The van der Waals surface area contributed by atoms with Crippen LogP contribution in [0.4, 0.5) is 0 Å². The van der Waals surface area contributed by atoms with E-state index in [1.54, 1.807) is 12.1 Å². The summed E-state index contributed by atoms with van der Waals surface area (Å²) < 4.78 is 7.63. The molecule has 2 heterocycles. The molecule has 0 saturated carbocycles. The van der Waals surface area contributed by atoms with Crippen molar-refractivity contribution < 1.29 is 9.53 Å². The molecule has 1 aromatic carbocycles. The lowest BCUT2D eigenvalue weighted by Crippen LogP contribution is -2.24. The third-order valence-electron chi connectivity index (χ3n) is 2.91. The summed E-state index contributed by atoms with van der Waals surface area (Å²) >= 11 is 0. The van der Waals surface area contributed by atoms with Gasteiger partial charge in [-0.1, -0.05) is 6.07 Å². The zero-order valence-electron chi connectivity index (χ0n) is 10.0. The molecule has 0 unspecified atom stereocenters. The Kier molecular flexibility index (Phi) is 2.49. The Morgan fingerprint density at radius 2 is 2.11 bits per heavy atom. The number of ether oxygens (including phenoxy) is 1. The van der Waals surface area contributed by atoms with Gasteiger partial charge < -0.3 is 20.8 Å². The second kappa shape index (κ2) is 4.16. The van der Waals surface area contributed by atoms with Gasteiger partial charge in [0.05, 0.1) is 16.9 Å². The number of fused-ring (bicyclic) bond motifs is 3. The van der Waals surface area contributed by atoms with Crippen molar-refractivity contribution in [3.8, 4) is 11.4 Å². The van der Waals surface area contributed by atoms with Crippen molar-refractivity contribution in [3.05, 3.63) is 47.8 Å². The Hall–Kier alpha value is -2.76. The van der Waals surface area contributed by atoms with E-state index >= 15 is 0 Å². The van der Waals surface area contributed by atoms with Crippen molar-refractivity contribution >= 4 is 11.9 Å². The van der Waals surface area contributed by atoms with Crippen LogP contribution in [0.2, 0.25) is 0 Å². The summed E-state index contributed by atoms with van der Waals surface area (Å²) in [5.41, 5.74) is 12.6. The van der Waals surface area contributed by atoms with Gasteiger partial charge in [-0.15, -0.1) is 0 Å². The summed E-state index contributed by atoms with van der Waals surface area (Å²) in [4.78, 5) is 15.5. The number of nitrogens with two attached hydrogens (primary N) is 2. The van der Waals surface area contributed by atoms with Crippen LogP contribution in [0.15, 0.2) is 41.5 Å². The number of carbonyl (C=O) groups excluding carboxylic acids is 1. The smallest absolute Gasteiger partial charge is 0.284 e. The predicted octanol–water partition coefficient (Wildman–Crippen LogP) is 0.783. The van der Waals surface area contributed by atoms with Crippen LogP contribution in [0, 0.1) is 0 Å². The molecule has 0 spiro atoms. The molecule has 19 heavy (non-hydrogen) atoms. The molecule has 1 aliphatic rings. The molecule has 4 N–H and O–H groups in total. The van der Waals surface area contributed by atoms with E-state index in [2.05, 4.69) is 4.99 Å². The molecule has 6 heteroatoms. The number of carbonyl (C=O) groups is 1. The topological polar surface area (TPSA) is 95.6 Å². The van der Waals surface area contributed by atoms with Gasteiger partial charge >= 0.3 is 0 Å². The van der Waals surface area contributed by atoms with E-state index < -0.39 is 5.91 Å². The number of aliphatic imine (C=N–C) groups is 1. The lowest BCUT2D eigenvalue weighted by molar-refractivity contribution is 0.0997. The summed E-state index contributed by atoms with van der Waals surface area (Å²) in [5, 5.41) is 0. The van der Waals surface area contributed by atoms with Gasteiger partial charge in [0.25, 0.3) is 5.91 Å². The average molecular weight is 256 g/mol. The fourth-order valence-corrected chi connectivity index (χ4v) is 2.13. The molecule has 6 nitrogen and oxygen atoms in total. The first-order valence-corrected chi connectivity index (χ1v) is 5.73. The van der Waals surface area contributed by atoms with Crippen LogP contribution < -0.4 is 16.2 Å². The SMILES string of the molecule is NC(N)=NC(=O)c1cccc2c1OCc1cccn1-2. The van der Waals surface area contributed by atoms with E-state index in [0.717, 1.165) is 11.4 Å². The van der Waals surface area contributed by atoms with E-state index in [9.17, 15) is 4.79 Å². The third-order valence-corrected chi connectivity index (χ3v) is 2.91. The maximum absolute atomic E-state index is 11.9.